The number of aliphatic hydroxyl groups excluding tert-OH is 2. The number of aliphatic hydroxyl groups is 2. The molecule has 0 bridgehead atoms. The van der Waals surface area contributed by atoms with Crippen molar-refractivity contribution in [3.63, 3.8) is 0 Å². The average molecular weight is 270 g/mol. The van der Waals surface area contributed by atoms with E-state index in [1.807, 2.05) is 24.3 Å². The second-order valence-electron chi connectivity index (χ2n) is 3.57. The van der Waals surface area contributed by atoms with Crippen molar-refractivity contribution in [3.8, 4) is 0 Å². The molecule has 0 amide bonds. The van der Waals surface area contributed by atoms with E-state index >= 15 is 0 Å². The lowest BCUT2D eigenvalue weighted by molar-refractivity contribution is 0.133. The van der Waals surface area contributed by atoms with Gasteiger partial charge in [-0.25, -0.2) is 0 Å². The minimum Gasteiger partial charge on any atom is -0.507 e. The van der Waals surface area contributed by atoms with Gasteiger partial charge in [0.2, 0.25) is 0 Å². The summed E-state index contributed by atoms with van der Waals surface area (Å²) in [7, 11) is 0. The standard InChI is InChI=1S/C12H12ClNO2S/c13-10-4-2-1-3-8(10)7-17-9-5-11(15)12(16)14-6-9/h1-6,12,14-16H,7H2. The minimum atomic E-state index is -1.00. The van der Waals surface area contributed by atoms with Crippen LogP contribution in [0.1, 0.15) is 5.56 Å². The average Bonchev–Trinajstić information content (AvgIpc) is 2.32. The Morgan fingerprint density at radius 1 is 1.35 bits per heavy atom. The molecule has 1 aliphatic heterocycles. The van der Waals surface area contributed by atoms with Gasteiger partial charge in [0.25, 0.3) is 0 Å². The summed E-state index contributed by atoms with van der Waals surface area (Å²) in [5.41, 5.74) is 1.04. The molecule has 0 fully saturated rings. The third-order valence-electron chi connectivity index (χ3n) is 2.31. The normalized spacial score (nSPS) is 19.3. The molecule has 17 heavy (non-hydrogen) atoms. The van der Waals surface area contributed by atoms with Crippen molar-refractivity contribution in [2.45, 2.75) is 12.0 Å². The Bertz CT molecular complexity index is 473. The van der Waals surface area contributed by atoms with Gasteiger partial charge in [-0.1, -0.05) is 29.8 Å². The number of hydrogen-bond donors (Lipinski definition) is 3. The minimum absolute atomic E-state index is 0.0749. The molecule has 3 N–H and O–H groups in total. The number of rotatable bonds is 3. The van der Waals surface area contributed by atoms with Crippen LogP contribution in [0.3, 0.4) is 0 Å². The molecule has 0 aromatic heterocycles. The van der Waals surface area contributed by atoms with Gasteiger partial charge in [0.15, 0.2) is 6.23 Å². The zero-order chi connectivity index (χ0) is 12.3. The van der Waals surface area contributed by atoms with Crippen LogP contribution < -0.4 is 5.32 Å². The molecule has 0 radical (unpaired) electrons. The number of hydrogen-bond acceptors (Lipinski definition) is 4. The summed E-state index contributed by atoms with van der Waals surface area (Å²) >= 11 is 7.58. The molecule has 2 rings (SSSR count). The lowest BCUT2D eigenvalue weighted by atomic mass is 10.2. The molecule has 0 spiro atoms. The smallest absolute Gasteiger partial charge is 0.182 e. The number of benzene rings is 1. The molecule has 1 heterocycles. The first-order valence-corrected chi connectivity index (χ1v) is 6.44. The van der Waals surface area contributed by atoms with Gasteiger partial charge in [-0.3, -0.25) is 0 Å². The maximum Gasteiger partial charge on any atom is 0.182 e. The van der Waals surface area contributed by atoms with Gasteiger partial charge >= 0.3 is 0 Å². The maximum atomic E-state index is 9.37. The van der Waals surface area contributed by atoms with Crippen LogP contribution in [0.5, 0.6) is 0 Å². The third kappa shape index (κ3) is 3.19. The van der Waals surface area contributed by atoms with Crippen molar-refractivity contribution in [2.75, 3.05) is 0 Å². The quantitative estimate of drug-likeness (QED) is 0.790. The van der Waals surface area contributed by atoms with Gasteiger partial charge in [0, 0.05) is 21.9 Å². The Balaban J connectivity index is 1.98. The van der Waals surface area contributed by atoms with Gasteiger partial charge in [-0.2, -0.15) is 0 Å². The monoisotopic (exact) mass is 269 g/mol. The summed E-state index contributed by atoms with van der Waals surface area (Å²) in [4.78, 5) is 0.854. The molecule has 1 aromatic rings. The number of halogens is 1. The Kier molecular flexibility index (Phi) is 3.99. The van der Waals surface area contributed by atoms with Gasteiger partial charge in [-0.05, 0) is 17.7 Å². The Morgan fingerprint density at radius 2 is 2.12 bits per heavy atom. The van der Waals surface area contributed by atoms with Crippen molar-refractivity contribution in [1.82, 2.24) is 5.32 Å². The SMILES string of the molecule is OC1=CC(SCc2ccccc2Cl)=CNC1O. The lowest BCUT2D eigenvalue weighted by Crippen LogP contribution is -2.28. The molecule has 3 nitrogen and oxygen atoms in total. The molecular formula is C12H12ClNO2S. The van der Waals surface area contributed by atoms with E-state index in [0.717, 1.165) is 15.5 Å². The predicted molar refractivity (Wildman–Crippen MR) is 70.7 cm³/mol. The second-order valence-corrected chi connectivity index (χ2v) is 5.02. The number of nitrogens with one attached hydrogen (secondary N) is 1. The molecule has 1 atom stereocenters. The summed E-state index contributed by atoms with van der Waals surface area (Å²) in [6.07, 6.45) is 2.22. The molecule has 0 aliphatic carbocycles. The molecule has 0 saturated heterocycles. The summed E-state index contributed by atoms with van der Waals surface area (Å²) in [6, 6.07) is 7.64. The molecular weight excluding hydrogens is 258 g/mol. The van der Waals surface area contributed by atoms with Gasteiger partial charge < -0.3 is 15.5 Å². The highest BCUT2D eigenvalue weighted by Gasteiger charge is 2.13. The predicted octanol–water partition coefficient (Wildman–Crippen LogP) is 2.78. The Hall–Kier alpha value is -1.10. The van der Waals surface area contributed by atoms with Gasteiger partial charge in [-0.15, -0.1) is 11.8 Å². The Labute approximate surface area is 109 Å². The van der Waals surface area contributed by atoms with Crippen LogP contribution in [0.4, 0.5) is 0 Å². The van der Waals surface area contributed by atoms with Crippen LogP contribution in [0.25, 0.3) is 0 Å². The van der Waals surface area contributed by atoms with Crippen molar-refractivity contribution >= 4 is 23.4 Å². The summed E-state index contributed by atoms with van der Waals surface area (Å²) in [5.74, 6) is 0.640. The molecule has 90 valence electrons. The van der Waals surface area contributed by atoms with Crippen LogP contribution in [-0.2, 0) is 5.75 Å². The van der Waals surface area contributed by atoms with E-state index in [9.17, 15) is 10.2 Å². The number of allylic oxidation sites excluding steroid dienone is 1. The zero-order valence-electron chi connectivity index (χ0n) is 8.93. The van der Waals surface area contributed by atoms with E-state index in [0.29, 0.717) is 5.75 Å². The second kappa shape index (κ2) is 5.49. The van der Waals surface area contributed by atoms with E-state index in [4.69, 9.17) is 11.6 Å². The third-order valence-corrected chi connectivity index (χ3v) is 3.70. The Morgan fingerprint density at radius 3 is 2.82 bits per heavy atom. The summed E-state index contributed by atoms with van der Waals surface area (Å²) in [6.45, 7) is 0. The van der Waals surface area contributed by atoms with Crippen LogP contribution in [-0.4, -0.2) is 16.4 Å². The maximum absolute atomic E-state index is 9.37. The van der Waals surface area contributed by atoms with Gasteiger partial charge in [0.1, 0.15) is 5.76 Å². The highest BCUT2D eigenvalue weighted by atomic mass is 35.5. The van der Waals surface area contributed by atoms with Crippen LogP contribution in [0.15, 0.2) is 47.2 Å². The van der Waals surface area contributed by atoms with E-state index < -0.39 is 6.23 Å². The molecule has 1 aromatic carbocycles. The van der Waals surface area contributed by atoms with Crippen molar-refractivity contribution in [1.29, 1.82) is 0 Å². The van der Waals surface area contributed by atoms with Crippen molar-refractivity contribution in [3.05, 3.63) is 57.8 Å². The van der Waals surface area contributed by atoms with Crippen LogP contribution in [0.2, 0.25) is 5.02 Å². The van der Waals surface area contributed by atoms with Crippen molar-refractivity contribution in [2.24, 2.45) is 0 Å². The fraction of sp³-hybridized carbons (Fsp3) is 0.167. The highest BCUT2D eigenvalue weighted by molar-refractivity contribution is 8.02. The molecule has 0 saturated carbocycles. The first-order valence-electron chi connectivity index (χ1n) is 5.08. The first kappa shape index (κ1) is 12.4. The first-order chi connectivity index (χ1) is 8.16. The van der Waals surface area contributed by atoms with E-state index in [1.165, 1.54) is 11.8 Å². The molecule has 1 unspecified atom stereocenters. The number of dihydropyridines is 1. The van der Waals surface area contributed by atoms with Crippen LogP contribution >= 0.6 is 23.4 Å². The van der Waals surface area contributed by atoms with E-state index in [2.05, 4.69) is 5.32 Å². The largest absolute Gasteiger partial charge is 0.507 e. The molecule has 1 aliphatic rings. The van der Waals surface area contributed by atoms with Gasteiger partial charge in [0.05, 0.1) is 0 Å². The van der Waals surface area contributed by atoms with E-state index in [1.54, 1.807) is 12.3 Å². The fourth-order valence-electron chi connectivity index (χ4n) is 1.37. The van der Waals surface area contributed by atoms with Crippen LogP contribution in [0, 0.1) is 0 Å². The molecule has 5 heteroatoms. The van der Waals surface area contributed by atoms with Crippen molar-refractivity contribution < 1.29 is 10.2 Å². The lowest BCUT2D eigenvalue weighted by Gasteiger charge is -2.16. The zero-order valence-corrected chi connectivity index (χ0v) is 10.5. The number of thioether (sulfide) groups is 1. The fourth-order valence-corrected chi connectivity index (χ4v) is 2.58. The van der Waals surface area contributed by atoms with E-state index in [-0.39, 0.29) is 5.76 Å². The summed E-state index contributed by atoms with van der Waals surface area (Å²) < 4.78 is 0. The summed E-state index contributed by atoms with van der Waals surface area (Å²) in [5, 5.41) is 22.0. The highest BCUT2D eigenvalue weighted by Crippen LogP contribution is 2.28. The topological polar surface area (TPSA) is 52.5 Å².